The lowest BCUT2D eigenvalue weighted by Crippen LogP contribution is -1.85. The first-order valence-corrected chi connectivity index (χ1v) is 16.7. The summed E-state index contributed by atoms with van der Waals surface area (Å²) in [4.78, 5) is 0. The largest absolute Gasteiger partial charge is 0.0991 e. The maximum atomic E-state index is 3.71. The summed E-state index contributed by atoms with van der Waals surface area (Å²) in [5, 5.41) is 0. The third kappa shape index (κ3) is 33.5. The number of allylic oxidation sites excluding steroid dienone is 3. The van der Waals surface area contributed by atoms with Crippen LogP contribution in [0.15, 0.2) is 24.8 Å². The van der Waals surface area contributed by atoms with Gasteiger partial charge in [-0.3, -0.25) is 0 Å². The highest BCUT2D eigenvalue weighted by Crippen LogP contribution is 2.16. The highest BCUT2D eigenvalue weighted by atomic mass is 14.0. The van der Waals surface area contributed by atoms with E-state index in [-0.39, 0.29) is 0 Å². The molecule has 0 rings (SSSR count). The molecule has 0 saturated heterocycles. The molecule has 208 valence electrons. The minimum Gasteiger partial charge on any atom is -0.0991 e. The first-order chi connectivity index (χ1) is 17.4. The Morgan fingerprint density at radius 1 is 0.343 bits per heavy atom. The van der Waals surface area contributed by atoms with Crippen LogP contribution in [0, 0.1) is 0 Å². The van der Waals surface area contributed by atoms with Gasteiger partial charge in [0.25, 0.3) is 0 Å². The van der Waals surface area contributed by atoms with E-state index < -0.39 is 0 Å². The van der Waals surface area contributed by atoms with Gasteiger partial charge in [-0.05, 0) is 12.8 Å². The Hall–Kier alpha value is -0.520. The van der Waals surface area contributed by atoms with E-state index in [2.05, 4.69) is 25.7 Å². The summed E-state index contributed by atoms with van der Waals surface area (Å²) in [5.41, 5.74) is 0. The van der Waals surface area contributed by atoms with Crippen molar-refractivity contribution in [2.45, 2.75) is 200 Å². The Morgan fingerprint density at radius 3 is 0.800 bits per heavy atom. The molecule has 0 saturated carbocycles. The van der Waals surface area contributed by atoms with Gasteiger partial charge in [0.1, 0.15) is 0 Å². The quantitative estimate of drug-likeness (QED) is 0.0672. The summed E-state index contributed by atoms with van der Waals surface area (Å²) in [6.07, 6.45) is 50.0. The molecule has 0 heteroatoms. The van der Waals surface area contributed by atoms with Crippen LogP contribution in [0.1, 0.15) is 200 Å². The molecule has 0 radical (unpaired) electrons. The van der Waals surface area contributed by atoms with E-state index in [1.54, 1.807) is 0 Å². The average Bonchev–Trinajstić information content (AvgIpc) is 2.87. The molecule has 0 fully saturated rings. The van der Waals surface area contributed by atoms with Gasteiger partial charge >= 0.3 is 0 Å². The molecule has 0 unspecified atom stereocenters. The van der Waals surface area contributed by atoms with Crippen molar-refractivity contribution in [1.82, 2.24) is 0 Å². The van der Waals surface area contributed by atoms with Crippen molar-refractivity contribution in [2.24, 2.45) is 0 Å². The zero-order chi connectivity index (χ0) is 25.3. The highest BCUT2D eigenvalue weighted by Gasteiger charge is 1.96. The molecule has 0 aliphatic carbocycles. The predicted octanol–water partition coefficient (Wildman–Crippen LogP) is 13.5. The molecule has 0 nitrogen and oxygen atoms in total. The molecule has 0 aromatic rings. The van der Waals surface area contributed by atoms with Crippen LogP contribution in [-0.4, -0.2) is 0 Å². The smallest absolute Gasteiger partial charge is 0.0348 e. The van der Waals surface area contributed by atoms with Gasteiger partial charge in [0, 0.05) is 0 Å². The maximum absolute atomic E-state index is 3.71. The van der Waals surface area contributed by atoms with E-state index in [1.165, 1.54) is 193 Å². The fourth-order valence-electron chi connectivity index (χ4n) is 5.30. The second-order valence-electron chi connectivity index (χ2n) is 11.4. The van der Waals surface area contributed by atoms with Crippen molar-refractivity contribution in [3.63, 3.8) is 0 Å². The standard InChI is InChI=1S/C35H68/c1-3-5-7-9-11-13-15-17-19-21-23-25-27-29-31-33-35-34-32-30-28-26-24-22-20-18-16-14-12-10-8-6-4-2/h3,5,7H,1,4,6,8-35H2,2H3/b7-5+. The van der Waals surface area contributed by atoms with Crippen LogP contribution in [0.25, 0.3) is 0 Å². The highest BCUT2D eigenvalue weighted by molar-refractivity contribution is 4.96. The van der Waals surface area contributed by atoms with E-state index in [0.29, 0.717) is 0 Å². The van der Waals surface area contributed by atoms with Crippen molar-refractivity contribution in [1.29, 1.82) is 0 Å². The summed E-state index contributed by atoms with van der Waals surface area (Å²) in [7, 11) is 0. The molecule has 0 aromatic carbocycles. The van der Waals surface area contributed by atoms with Crippen molar-refractivity contribution >= 4 is 0 Å². The van der Waals surface area contributed by atoms with Gasteiger partial charge in [0.2, 0.25) is 0 Å². The summed E-state index contributed by atoms with van der Waals surface area (Å²) >= 11 is 0. The van der Waals surface area contributed by atoms with Crippen molar-refractivity contribution in [3.05, 3.63) is 24.8 Å². The van der Waals surface area contributed by atoms with Crippen LogP contribution in [0.3, 0.4) is 0 Å². The van der Waals surface area contributed by atoms with Crippen LogP contribution in [0.2, 0.25) is 0 Å². The lowest BCUT2D eigenvalue weighted by molar-refractivity contribution is 0.513. The first-order valence-electron chi connectivity index (χ1n) is 16.7. The molecule has 0 bridgehead atoms. The van der Waals surface area contributed by atoms with Gasteiger partial charge in [-0.1, -0.05) is 212 Å². The molecule has 0 aliphatic heterocycles. The second kappa shape index (κ2) is 33.5. The third-order valence-corrected chi connectivity index (χ3v) is 7.75. The van der Waals surface area contributed by atoms with Crippen LogP contribution in [0.5, 0.6) is 0 Å². The zero-order valence-corrected chi connectivity index (χ0v) is 24.7. The van der Waals surface area contributed by atoms with E-state index in [9.17, 15) is 0 Å². The van der Waals surface area contributed by atoms with Crippen LogP contribution in [0.4, 0.5) is 0 Å². The molecule has 0 spiro atoms. The summed E-state index contributed by atoms with van der Waals surface area (Å²) in [6, 6.07) is 0. The predicted molar refractivity (Wildman–Crippen MR) is 164 cm³/mol. The second-order valence-corrected chi connectivity index (χ2v) is 11.4. The first kappa shape index (κ1) is 34.5. The molecule has 0 heterocycles. The van der Waals surface area contributed by atoms with Crippen LogP contribution >= 0.6 is 0 Å². The van der Waals surface area contributed by atoms with Gasteiger partial charge in [0.05, 0.1) is 0 Å². The van der Waals surface area contributed by atoms with Crippen molar-refractivity contribution < 1.29 is 0 Å². The lowest BCUT2D eigenvalue weighted by Gasteiger charge is -2.04. The van der Waals surface area contributed by atoms with Crippen molar-refractivity contribution in [2.75, 3.05) is 0 Å². The molecule has 0 N–H and O–H groups in total. The maximum Gasteiger partial charge on any atom is -0.0348 e. The lowest BCUT2D eigenvalue weighted by atomic mass is 10.0. The minimum absolute atomic E-state index is 1.23. The molecule has 0 aliphatic rings. The summed E-state index contributed by atoms with van der Waals surface area (Å²) < 4.78 is 0. The Kier molecular flexibility index (Phi) is 33.0. The number of rotatable bonds is 31. The molecule has 35 heavy (non-hydrogen) atoms. The zero-order valence-electron chi connectivity index (χ0n) is 24.7. The summed E-state index contributed by atoms with van der Waals surface area (Å²) in [6.45, 7) is 6.02. The van der Waals surface area contributed by atoms with Crippen molar-refractivity contribution in [3.8, 4) is 0 Å². The van der Waals surface area contributed by atoms with E-state index >= 15 is 0 Å². The Labute approximate surface area is 224 Å². The van der Waals surface area contributed by atoms with Gasteiger partial charge in [0.15, 0.2) is 0 Å². The Balaban J connectivity index is 3.02. The Morgan fingerprint density at radius 2 is 0.571 bits per heavy atom. The summed E-state index contributed by atoms with van der Waals surface area (Å²) in [5.74, 6) is 0. The number of unbranched alkanes of at least 4 members (excludes halogenated alkanes) is 29. The third-order valence-electron chi connectivity index (χ3n) is 7.75. The van der Waals surface area contributed by atoms with Crippen LogP contribution in [-0.2, 0) is 0 Å². The molecular formula is C35H68. The van der Waals surface area contributed by atoms with Crippen LogP contribution < -0.4 is 0 Å². The van der Waals surface area contributed by atoms with E-state index in [4.69, 9.17) is 0 Å². The minimum atomic E-state index is 1.23. The Bertz CT molecular complexity index is 393. The van der Waals surface area contributed by atoms with Gasteiger partial charge in [-0.25, -0.2) is 0 Å². The normalized spacial score (nSPS) is 11.6. The molecule has 0 aromatic heterocycles. The fraction of sp³-hybridized carbons (Fsp3) is 0.886. The van der Waals surface area contributed by atoms with E-state index in [0.717, 1.165) is 0 Å². The molecule has 0 atom stereocenters. The number of hydrogen-bond donors (Lipinski definition) is 0. The van der Waals surface area contributed by atoms with Gasteiger partial charge in [-0.15, -0.1) is 0 Å². The van der Waals surface area contributed by atoms with Gasteiger partial charge in [-0.2, -0.15) is 0 Å². The van der Waals surface area contributed by atoms with E-state index in [1.807, 2.05) is 6.08 Å². The SMILES string of the molecule is C=C/C=C/CCCCCCCCCCCCCCCCCCCCCCCCCCCCCCC. The number of hydrogen-bond acceptors (Lipinski definition) is 0. The van der Waals surface area contributed by atoms with Gasteiger partial charge < -0.3 is 0 Å². The molecular weight excluding hydrogens is 420 g/mol. The molecule has 0 amide bonds. The fourth-order valence-corrected chi connectivity index (χ4v) is 5.30. The monoisotopic (exact) mass is 489 g/mol. The average molecular weight is 489 g/mol. The topological polar surface area (TPSA) is 0 Å².